The number of halogens is 1. The van der Waals surface area contributed by atoms with Crippen molar-refractivity contribution in [2.24, 2.45) is 5.92 Å². The van der Waals surface area contributed by atoms with Gasteiger partial charge in [-0.05, 0) is 36.6 Å². The number of nitrogens with one attached hydrogen (secondary N) is 1. The fraction of sp³-hybridized carbons (Fsp3) is 0.381. The van der Waals surface area contributed by atoms with E-state index in [1.54, 1.807) is 31.0 Å². The van der Waals surface area contributed by atoms with Crippen LogP contribution in [-0.2, 0) is 10.0 Å². The van der Waals surface area contributed by atoms with Crippen molar-refractivity contribution in [3.05, 3.63) is 46.5 Å². The fourth-order valence-electron chi connectivity index (χ4n) is 3.01. The second-order valence-electron chi connectivity index (χ2n) is 7.35. The van der Waals surface area contributed by atoms with E-state index in [-0.39, 0.29) is 27.3 Å². The largest absolute Gasteiger partial charge is 0.495 e. The zero-order valence-corrected chi connectivity index (χ0v) is 19.5. The van der Waals surface area contributed by atoms with Gasteiger partial charge in [0.15, 0.2) is 0 Å². The first-order valence-corrected chi connectivity index (χ1v) is 11.2. The van der Waals surface area contributed by atoms with Crippen molar-refractivity contribution < 1.29 is 22.7 Å². The van der Waals surface area contributed by atoms with E-state index >= 15 is 0 Å². The molecule has 0 spiro atoms. The summed E-state index contributed by atoms with van der Waals surface area (Å²) in [7, 11) is 0.539. The van der Waals surface area contributed by atoms with E-state index in [0.717, 1.165) is 0 Å². The van der Waals surface area contributed by atoms with Gasteiger partial charge in [-0.1, -0.05) is 31.5 Å². The minimum Gasteiger partial charge on any atom is -0.495 e. The average molecular weight is 455 g/mol. The molecule has 0 bridgehead atoms. The zero-order valence-electron chi connectivity index (χ0n) is 17.9. The molecule has 1 N–H and O–H groups in total. The van der Waals surface area contributed by atoms with Gasteiger partial charge in [-0.25, -0.2) is 8.42 Å². The minimum absolute atomic E-state index is 0.000269. The topological polar surface area (TPSA) is 84.9 Å². The highest BCUT2D eigenvalue weighted by Crippen LogP contribution is 2.37. The van der Waals surface area contributed by atoms with Gasteiger partial charge in [-0.3, -0.25) is 9.52 Å². The molecule has 2 aromatic carbocycles. The maximum Gasteiger partial charge on any atom is 0.262 e. The predicted octanol–water partition coefficient (Wildman–Crippen LogP) is 4.19. The number of ether oxygens (including phenoxy) is 2. The molecule has 0 saturated carbocycles. The molecule has 0 radical (unpaired) electrons. The molecule has 7 nitrogen and oxygen atoms in total. The number of aryl methyl sites for hydroxylation is 1. The average Bonchev–Trinajstić information content (AvgIpc) is 2.67. The summed E-state index contributed by atoms with van der Waals surface area (Å²) in [6, 6.07) is 7.53. The lowest BCUT2D eigenvalue weighted by molar-refractivity contribution is 0.0779. The summed E-state index contributed by atoms with van der Waals surface area (Å²) >= 11 is 6.14. The number of carbonyl (C=O) groups excluding carboxylic acids is 1. The molecule has 0 aliphatic carbocycles. The Morgan fingerprint density at radius 3 is 2.33 bits per heavy atom. The number of amides is 1. The SMILES string of the molecule is COc1cc(OC)c(NS(=O)(=O)c2cc(C(=O)N(C)CC(C)C)ccc2C)cc1Cl. The van der Waals surface area contributed by atoms with Crippen LogP contribution in [0.5, 0.6) is 11.5 Å². The maximum absolute atomic E-state index is 13.1. The standard InChI is InChI=1S/C21H27ClN2O5S/c1-13(2)12-24(4)21(25)15-8-7-14(3)20(9-15)30(26,27)23-17-10-16(22)18(28-5)11-19(17)29-6/h7-11,13,23H,12H2,1-6H3. The summed E-state index contributed by atoms with van der Waals surface area (Å²) in [5.41, 5.74) is 0.962. The Kier molecular flexibility index (Phi) is 7.60. The van der Waals surface area contributed by atoms with E-state index in [0.29, 0.717) is 29.3 Å². The highest BCUT2D eigenvalue weighted by atomic mass is 35.5. The van der Waals surface area contributed by atoms with E-state index in [9.17, 15) is 13.2 Å². The fourth-order valence-corrected chi connectivity index (χ4v) is 4.59. The van der Waals surface area contributed by atoms with Gasteiger partial charge in [-0.15, -0.1) is 0 Å². The Morgan fingerprint density at radius 1 is 1.13 bits per heavy atom. The van der Waals surface area contributed by atoms with Crippen molar-refractivity contribution in [2.45, 2.75) is 25.7 Å². The highest BCUT2D eigenvalue weighted by Gasteiger charge is 2.23. The van der Waals surface area contributed by atoms with Crippen LogP contribution in [0.4, 0.5) is 5.69 Å². The molecule has 0 fully saturated rings. The Balaban J connectivity index is 2.44. The van der Waals surface area contributed by atoms with E-state index in [1.807, 2.05) is 13.8 Å². The molecule has 2 rings (SSSR count). The summed E-state index contributed by atoms with van der Waals surface area (Å²) in [5.74, 6) is 0.654. The summed E-state index contributed by atoms with van der Waals surface area (Å²) in [5, 5.41) is 0.229. The Labute approximate surface area is 183 Å². The molecular formula is C21H27ClN2O5S. The molecule has 0 aliphatic rings. The van der Waals surface area contributed by atoms with Gasteiger partial charge in [0.2, 0.25) is 0 Å². The van der Waals surface area contributed by atoms with Crippen LogP contribution in [0.25, 0.3) is 0 Å². The first-order chi connectivity index (χ1) is 14.0. The van der Waals surface area contributed by atoms with Gasteiger partial charge in [0.25, 0.3) is 15.9 Å². The number of carbonyl (C=O) groups is 1. The van der Waals surface area contributed by atoms with Crippen LogP contribution in [0.1, 0.15) is 29.8 Å². The van der Waals surface area contributed by atoms with Crippen LogP contribution < -0.4 is 14.2 Å². The smallest absolute Gasteiger partial charge is 0.262 e. The molecule has 30 heavy (non-hydrogen) atoms. The zero-order chi connectivity index (χ0) is 22.6. The number of rotatable bonds is 8. The van der Waals surface area contributed by atoms with Gasteiger partial charge < -0.3 is 14.4 Å². The van der Waals surface area contributed by atoms with Gasteiger partial charge in [-0.2, -0.15) is 0 Å². The molecule has 0 heterocycles. The molecule has 0 atom stereocenters. The van der Waals surface area contributed by atoms with E-state index in [1.165, 1.54) is 32.4 Å². The molecule has 0 aromatic heterocycles. The molecule has 1 amide bonds. The van der Waals surface area contributed by atoms with Gasteiger partial charge >= 0.3 is 0 Å². The van der Waals surface area contributed by atoms with Crippen molar-refractivity contribution in [3.63, 3.8) is 0 Å². The number of anilines is 1. The monoisotopic (exact) mass is 454 g/mol. The van der Waals surface area contributed by atoms with Crippen LogP contribution >= 0.6 is 11.6 Å². The number of hydrogen-bond acceptors (Lipinski definition) is 5. The van der Waals surface area contributed by atoms with Gasteiger partial charge in [0, 0.05) is 25.2 Å². The normalized spacial score (nSPS) is 11.3. The number of sulfonamides is 1. The Hall–Kier alpha value is -2.45. The Bertz CT molecular complexity index is 1040. The lowest BCUT2D eigenvalue weighted by atomic mass is 10.1. The second kappa shape index (κ2) is 9.57. The third kappa shape index (κ3) is 5.37. The number of benzene rings is 2. The first-order valence-electron chi connectivity index (χ1n) is 9.30. The van der Waals surface area contributed by atoms with E-state index in [4.69, 9.17) is 21.1 Å². The van der Waals surface area contributed by atoms with Crippen molar-refractivity contribution in [1.82, 2.24) is 4.90 Å². The lowest BCUT2D eigenvalue weighted by Gasteiger charge is -2.20. The Morgan fingerprint density at radius 2 is 1.77 bits per heavy atom. The molecule has 0 saturated heterocycles. The first kappa shape index (κ1) is 23.8. The van der Waals surface area contributed by atoms with Crippen LogP contribution in [0.3, 0.4) is 0 Å². The van der Waals surface area contributed by atoms with Crippen molar-refractivity contribution in [3.8, 4) is 11.5 Å². The minimum atomic E-state index is -4.02. The summed E-state index contributed by atoms with van der Waals surface area (Å²) in [6.45, 7) is 6.24. The summed E-state index contributed by atoms with van der Waals surface area (Å²) in [6.07, 6.45) is 0. The lowest BCUT2D eigenvalue weighted by Crippen LogP contribution is -2.30. The summed E-state index contributed by atoms with van der Waals surface area (Å²) in [4.78, 5) is 14.3. The third-order valence-corrected chi connectivity index (χ3v) is 6.23. The van der Waals surface area contributed by atoms with Crippen molar-refractivity contribution in [2.75, 3.05) is 32.5 Å². The van der Waals surface area contributed by atoms with E-state index in [2.05, 4.69) is 4.72 Å². The van der Waals surface area contributed by atoms with Crippen LogP contribution in [-0.4, -0.2) is 47.0 Å². The predicted molar refractivity (Wildman–Crippen MR) is 118 cm³/mol. The highest BCUT2D eigenvalue weighted by molar-refractivity contribution is 7.92. The molecular weight excluding hydrogens is 428 g/mol. The van der Waals surface area contributed by atoms with Crippen LogP contribution in [0.15, 0.2) is 35.2 Å². The number of methoxy groups -OCH3 is 2. The van der Waals surface area contributed by atoms with Crippen molar-refractivity contribution >= 4 is 33.2 Å². The molecule has 2 aromatic rings. The maximum atomic E-state index is 13.1. The van der Waals surface area contributed by atoms with Crippen molar-refractivity contribution in [1.29, 1.82) is 0 Å². The van der Waals surface area contributed by atoms with Gasteiger partial charge in [0.1, 0.15) is 11.5 Å². The summed E-state index contributed by atoms with van der Waals surface area (Å²) < 4.78 is 39.1. The quantitative estimate of drug-likeness (QED) is 0.646. The van der Waals surface area contributed by atoms with E-state index < -0.39 is 10.0 Å². The molecule has 164 valence electrons. The molecule has 0 aliphatic heterocycles. The number of hydrogen-bond donors (Lipinski definition) is 1. The van der Waals surface area contributed by atoms with Gasteiger partial charge in [0.05, 0.1) is 29.8 Å². The van der Waals surface area contributed by atoms with Crippen LogP contribution in [0, 0.1) is 12.8 Å². The second-order valence-corrected chi connectivity index (χ2v) is 9.41. The van der Waals surface area contributed by atoms with Crippen LogP contribution in [0.2, 0.25) is 5.02 Å². The number of nitrogens with zero attached hydrogens (tertiary/aromatic N) is 1. The third-order valence-electron chi connectivity index (χ3n) is 4.43. The molecule has 9 heteroatoms. The molecule has 0 unspecified atom stereocenters.